The molecule has 0 unspecified atom stereocenters. The number of carbonyl (C=O) groups excluding carboxylic acids is 1. The lowest BCUT2D eigenvalue weighted by Gasteiger charge is -2.41. The van der Waals surface area contributed by atoms with E-state index in [-0.39, 0.29) is 17.5 Å². The molecule has 3 heteroatoms. The number of hydrogen-bond donors (Lipinski definition) is 0. The maximum atomic E-state index is 11.1. The Kier molecular flexibility index (Phi) is 2.18. The molecule has 0 saturated heterocycles. The zero-order valence-corrected chi connectivity index (χ0v) is 7.22. The van der Waals surface area contributed by atoms with E-state index in [1.54, 1.807) is 7.11 Å². The molecule has 0 heterocycles. The number of ether oxygens (including phenoxy) is 2. The second-order valence-corrected chi connectivity index (χ2v) is 3.32. The van der Waals surface area contributed by atoms with Crippen molar-refractivity contribution in [2.45, 2.75) is 25.9 Å². The summed E-state index contributed by atoms with van der Waals surface area (Å²) in [6.45, 7) is 1.91. The van der Waals surface area contributed by atoms with Crippen molar-refractivity contribution in [3.05, 3.63) is 0 Å². The molecule has 0 atom stereocenters. The Morgan fingerprint density at radius 1 is 1.45 bits per heavy atom. The van der Waals surface area contributed by atoms with E-state index < -0.39 is 0 Å². The van der Waals surface area contributed by atoms with Crippen LogP contribution in [0.5, 0.6) is 0 Å². The number of esters is 1. The molecule has 11 heavy (non-hydrogen) atoms. The van der Waals surface area contributed by atoms with E-state index in [1.807, 2.05) is 6.92 Å². The summed E-state index contributed by atoms with van der Waals surface area (Å²) in [5.74, 6) is -0.120. The first-order chi connectivity index (χ1) is 5.12. The van der Waals surface area contributed by atoms with Gasteiger partial charge in [-0.05, 0) is 19.8 Å². The van der Waals surface area contributed by atoms with Crippen molar-refractivity contribution in [1.29, 1.82) is 0 Å². The molecule has 3 nitrogen and oxygen atoms in total. The van der Waals surface area contributed by atoms with Gasteiger partial charge in [0.1, 0.15) is 0 Å². The highest BCUT2D eigenvalue weighted by Gasteiger charge is 2.47. The topological polar surface area (TPSA) is 35.5 Å². The predicted molar refractivity (Wildman–Crippen MR) is 40.2 cm³/mol. The van der Waals surface area contributed by atoms with Crippen LogP contribution in [0.15, 0.2) is 0 Å². The Hall–Kier alpha value is -0.570. The molecule has 0 amide bonds. The third-order valence-electron chi connectivity index (χ3n) is 2.37. The molecule has 1 fully saturated rings. The Balaban J connectivity index is 2.42. The van der Waals surface area contributed by atoms with Gasteiger partial charge in [-0.1, -0.05) is 0 Å². The SMILES string of the molecule is COC(=O)C1(C)CC(OC)C1. The van der Waals surface area contributed by atoms with Gasteiger partial charge in [-0.3, -0.25) is 4.79 Å². The zero-order chi connectivity index (χ0) is 8.48. The number of rotatable bonds is 2. The first kappa shape index (κ1) is 8.53. The second-order valence-electron chi connectivity index (χ2n) is 3.32. The summed E-state index contributed by atoms with van der Waals surface area (Å²) in [5, 5.41) is 0. The van der Waals surface area contributed by atoms with Crippen LogP contribution in [0.1, 0.15) is 19.8 Å². The molecule has 1 aliphatic carbocycles. The molecule has 0 aliphatic heterocycles. The molecule has 1 rings (SSSR count). The summed E-state index contributed by atoms with van der Waals surface area (Å²) in [6.07, 6.45) is 1.82. The molecule has 1 saturated carbocycles. The van der Waals surface area contributed by atoms with Crippen LogP contribution < -0.4 is 0 Å². The highest BCUT2D eigenvalue weighted by Crippen LogP contribution is 2.42. The zero-order valence-electron chi connectivity index (χ0n) is 7.22. The van der Waals surface area contributed by atoms with Crippen molar-refractivity contribution in [2.75, 3.05) is 14.2 Å². The highest BCUT2D eigenvalue weighted by molar-refractivity contribution is 5.77. The fraction of sp³-hybridized carbons (Fsp3) is 0.875. The van der Waals surface area contributed by atoms with Gasteiger partial charge in [0.15, 0.2) is 0 Å². The quantitative estimate of drug-likeness (QED) is 0.562. The van der Waals surface area contributed by atoms with Crippen LogP contribution in [0.2, 0.25) is 0 Å². The van der Waals surface area contributed by atoms with Crippen LogP contribution in [0.25, 0.3) is 0 Å². The molecule has 1 aliphatic rings. The first-order valence-electron chi connectivity index (χ1n) is 3.73. The normalized spacial score (nSPS) is 36.1. The van der Waals surface area contributed by atoms with Crippen molar-refractivity contribution < 1.29 is 14.3 Å². The minimum Gasteiger partial charge on any atom is -0.469 e. The molecule has 0 bridgehead atoms. The summed E-state index contributed by atoms with van der Waals surface area (Å²) in [4.78, 5) is 11.1. The third-order valence-corrected chi connectivity index (χ3v) is 2.37. The van der Waals surface area contributed by atoms with Crippen LogP contribution in [0.3, 0.4) is 0 Å². The molecular weight excluding hydrogens is 144 g/mol. The third kappa shape index (κ3) is 1.38. The predicted octanol–water partition coefficient (Wildman–Crippen LogP) is 0.974. The summed E-state index contributed by atoms with van der Waals surface area (Å²) in [7, 11) is 3.09. The van der Waals surface area contributed by atoms with Crippen molar-refractivity contribution in [1.82, 2.24) is 0 Å². The van der Waals surface area contributed by atoms with Gasteiger partial charge in [0.25, 0.3) is 0 Å². The van der Waals surface area contributed by atoms with Gasteiger partial charge in [0, 0.05) is 7.11 Å². The molecule has 0 spiro atoms. The van der Waals surface area contributed by atoms with Crippen LogP contribution in [-0.2, 0) is 14.3 Å². The summed E-state index contributed by atoms with van der Waals surface area (Å²) in [6, 6.07) is 0. The van der Waals surface area contributed by atoms with E-state index in [0.29, 0.717) is 0 Å². The molecule has 0 aromatic carbocycles. The minimum absolute atomic E-state index is 0.120. The number of carbonyl (C=O) groups is 1. The molecular formula is C8H14O3. The second kappa shape index (κ2) is 2.81. The van der Waals surface area contributed by atoms with E-state index >= 15 is 0 Å². The van der Waals surface area contributed by atoms with Crippen LogP contribution in [0, 0.1) is 5.41 Å². The fourth-order valence-electron chi connectivity index (χ4n) is 1.52. The van der Waals surface area contributed by atoms with Crippen LogP contribution in [0.4, 0.5) is 0 Å². The van der Waals surface area contributed by atoms with E-state index in [1.165, 1.54) is 7.11 Å². The van der Waals surface area contributed by atoms with Crippen molar-refractivity contribution in [3.8, 4) is 0 Å². The van der Waals surface area contributed by atoms with E-state index in [0.717, 1.165) is 12.8 Å². The van der Waals surface area contributed by atoms with Gasteiger partial charge in [0.2, 0.25) is 0 Å². The lowest BCUT2D eigenvalue weighted by atomic mass is 9.68. The number of hydrogen-bond acceptors (Lipinski definition) is 3. The Morgan fingerprint density at radius 3 is 2.36 bits per heavy atom. The van der Waals surface area contributed by atoms with E-state index in [4.69, 9.17) is 4.74 Å². The lowest BCUT2D eigenvalue weighted by molar-refractivity contribution is -0.166. The fourth-order valence-corrected chi connectivity index (χ4v) is 1.52. The largest absolute Gasteiger partial charge is 0.469 e. The lowest BCUT2D eigenvalue weighted by Crippen LogP contribution is -2.45. The van der Waals surface area contributed by atoms with Crippen molar-refractivity contribution in [2.24, 2.45) is 5.41 Å². The average molecular weight is 158 g/mol. The standard InChI is InChI=1S/C8H14O3/c1-8(7(9)11-3)4-6(5-8)10-2/h6H,4-5H2,1-3H3. The molecule has 0 aromatic heterocycles. The van der Waals surface area contributed by atoms with Gasteiger partial charge in [0.05, 0.1) is 18.6 Å². The average Bonchev–Trinajstić information content (AvgIpc) is 1.96. The smallest absolute Gasteiger partial charge is 0.311 e. The highest BCUT2D eigenvalue weighted by atomic mass is 16.5. The Morgan fingerprint density at radius 2 is 2.00 bits per heavy atom. The maximum absolute atomic E-state index is 11.1. The van der Waals surface area contributed by atoms with Crippen LogP contribution in [-0.4, -0.2) is 26.3 Å². The van der Waals surface area contributed by atoms with Crippen molar-refractivity contribution >= 4 is 5.97 Å². The number of methoxy groups -OCH3 is 2. The Labute approximate surface area is 66.7 Å². The van der Waals surface area contributed by atoms with Gasteiger partial charge in [-0.2, -0.15) is 0 Å². The van der Waals surface area contributed by atoms with Gasteiger partial charge < -0.3 is 9.47 Å². The van der Waals surface area contributed by atoms with Gasteiger partial charge in [-0.15, -0.1) is 0 Å². The first-order valence-corrected chi connectivity index (χ1v) is 3.73. The molecule has 0 radical (unpaired) electrons. The van der Waals surface area contributed by atoms with Crippen molar-refractivity contribution in [3.63, 3.8) is 0 Å². The maximum Gasteiger partial charge on any atom is 0.311 e. The molecule has 64 valence electrons. The van der Waals surface area contributed by atoms with Gasteiger partial charge in [-0.25, -0.2) is 0 Å². The van der Waals surface area contributed by atoms with E-state index in [9.17, 15) is 4.79 Å². The molecule has 0 N–H and O–H groups in total. The van der Waals surface area contributed by atoms with E-state index in [2.05, 4.69) is 4.74 Å². The summed E-state index contributed by atoms with van der Waals surface area (Å²) in [5.41, 5.74) is -0.282. The monoisotopic (exact) mass is 158 g/mol. The molecule has 0 aromatic rings. The van der Waals surface area contributed by atoms with Gasteiger partial charge >= 0.3 is 5.97 Å². The minimum atomic E-state index is -0.282. The van der Waals surface area contributed by atoms with Crippen LogP contribution >= 0.6 is 0 Å². The Bertz CT molecular complexity index is 159. The summed E-state index contributed by atoms with van der Waals surface area (Å²) < 4.78 is 9.72. The summed E-state index contributed by atoms with van der Waals surface area (Å²) >= 11 is 0.